The molecule has 0 fully saturated rings. The van der Waals surface area contributed by atoms with Crippen LogP contribution in [0.15, 0.2) is 12.7 Å². The van der Waals surface area contributed by atoms with Crippen LogP contribution in [0.3, 0.4) is 0 Å². The Morgan fingerprint density at radius 1 is 1.09 bits per heavy atom. The SMILES string of the molecule is C=CC(=O)OC(C)(C)C.CN(CCCO)C(=O)OC(C)(C)C. The second-order valence-electron chi connectivity index (χ2n) is 6.72. The number of esters is 1. The Labute approximate surface area is 134 Å². The number of carbonyl (C=O) groups is 2. The Morgan fingerprint density at radius 2 is 1.55 bits per heavy atom. The molecular formula is C16H31NO5. The maximum atomic E-state index is 11.3. The number of hydrogen-bond acceptors (Lipinski definition) is 5. The molecule has 0 heterocycles. The lowest BCUT2D eigenvalue weighted by Gasteiger charge is -2.24. The molecule has 0 bridgehead atoms. The predicted octanol–water partition coefficient (Wildman–Crippen LogP) is 2.75. The summed E-state index contributed by atoms with van der Waals surface area (Å²) in [4.78, 5) is 23.2. The number of rotatable bonds is 4. The number of hydrogen-bond donors (Lipinski definition) is 1. The summed E-state index contributed by atoms with van der Waals surface area (Å²) in [6.45, 7) is 14.8. The molecule has 22 heavy (non-hydrogen) atoms. The van der Waals surface area contributed by atoms with Crippen LogP contribution in [0.4, 0.5) is 4.79 Å². The van der Waals surface area contributed by atoms with Gasteiger partial charge in [0.1, 0.15) is 11.2 Å². The summed E-state index contributed by atoms with van der Waals surface area (Å²) >= 11 is 0. The Balaban J connectivity index is 0. The van der Waals surface area contributed by atoms with Crippen molar-refractivity contribution < 1.29 is 24.2 Å². The predicted molar refractivity (Wildman–Crippen MR) is 86.6 cm³/mol. The van der Waals surface area contributed by atoms with Crippen molar-refractivity contribution in [3.8, 4) is 0 Å². The minimum Gasteiger partial charge on any atom is -0.457 e. The van der Waals surface area contributed by atoms with Crippen LogP contribution in [-0.4, -0.2) is 53.5 Å². The van der Waals surface area contributed by atoms with Gasteiger partial charge in [0.05, 0.1) is 0 Å². The molecule has 0 saturated carbocycles. The molecule has 0 unspecified atom stereocenters. The van der Waals surface area contributed by atoms with Crippen molar-refractivity contribution in [2.24, 2.45) is 0 Å². The summed E-state index contributed by atoms with van der Waals surface area (Å²) in [7, 11) is 1.66. The van der Waals surface area contributed by atoms with E-state index >= 15 is 0 Å². The van der Waals surface area contributed by atoms with Gasteiger partial charge in [-0.15, -0.1) is 0 Å². The average molecular weight is 317 g/mol. The third-order valence-corrected chi connectivity index (χ3v) is 1.93. The summed E-state index contributed by atoms with van der Waals surface area (Å²) in [5.41, 5.74) is -0.851. The lowest BCUT2D eigenvalue weighted by molar-refractivity contribution is -0.148. The molecule has 0 aliphatic rings. The highest BCUT2D eigenvalue weighted by atomic mass is 16.6. The monoisotopic (exact) mass is 317 g/mol. The zero-order valence-electron chi connectivity index (χ0n) is 14.9. The lowest BCUT2D eigenvalue weighted by atomic mass is 10.2. The van der Waals surface area contributed by atoms with E-state index in [0.29, 0.717) is 13.0 Å². The molecule has 0 spiro atoms. The van der Waals surface area contributed by atoms with Gasteiger partial charge in [0.2, 0.25) is 0 Å². The van der Waals surface area contributed by atoms with Crippen molar-refractivity contribution in [2.45, 2.75) is 59.2 Å². The molecular weight excluding hydrogens is 286 g/mol. The first-order valence-electron chi connectivity index (χ1n) is 7.22. The Morgan fingerprint density at radius 3 is 1.82 bits per heavy atom. The van der Waals surface area contributed by atoms with Crippen LogP contribution < -0.4 is 0 Å². The van der Waals surface area contributed by atoms with Crippen molar-refractivity contribution in [1.82, 2.24) is 4.90 Å². The fourth-order valence-electron chi connectivity index (χ4n) is 1.08. The molecule has 6 heteroatoms. The summed E-state index contributed by atoms with van der Waals surface area (Å²) in [6.07, 6.45) is 1.39. The Kier molecular flexibility index (Phi) is 10.5. The number of aliphatic hydroxyl groups is 1. The van der Waals surface area contributed by atoms with Crippen molar-refractivity contribution >= 4 is 12.1 Å². The molecule has 0 aromatic rings. The zero-order chi connectivity index (χ0) is 18.0. The first-order valence-corrected chi connectivity index (χ1v) is 7.22. The van der Waals surface area contributed by atoms with Crippen LogP contribution in [0.2, 0.25) is 0 Å². The van der Waals surface area contributed by atoms with Crippen LogP contribution in [-0.2, 0) is 14.3 Å². The van der Waals surface area contributed by atoms with Crippen molar-refractivity contribution in [1.29, 1.82) is 0 Å². The van der Waals surface area contributed by atoms with Crippen LogP contribution in [0.25, 0.3) is 0 Å². The Bertz CT molecular complexity index is 353. The third-order valence-electron chi connectivity index (χ3n) is 1.93. The quantitative estimate of drug-likeness (QED) is 0.637. The van der Waals surface area contributed by atoms with E-state index in [4.69, 9.17) is 14.6 Å². The second-order valence-corrected chi connectivity index (χ2v) is 6.72. The number of amides is 1. The topological polar surface area (TPSA) is 76.1 Å². The molecule has 0 radical (unpaired) electrons. The molecule has 0 aliphatic heterocycles. The first-order chi connectivity index (χ1) is 9.82. The highest BCUT2D eigenvalue weighted by Crippen LogP contribution is 2.09. The molecule has 0 aromatic heterocycles. The minimum atomic E-state index is -0.454. The maximum absolute atomic E-state index is 11.3. The van der Waals surface area contributed by atoms with E-state index in [2.05, 4.69) is 6.58 Å². The summed E-state index contributed by atoms with van der Waals surface area (Å²) in [5, 5.41) is 8.55. The van der Waals surface area contributed by atoms with E-state index in [1.807, 2.05) is 41.5 Å². The molecule has 6 nitrogen and oxygen atoms in total. The average Bonchev–Trinajstić information content (AvgIpc) is 2.32. The molecule has 1 N–H and O–H groups in total. The van der Waals surface area contributed by atoms with Gasteiger partial charge >= 0.3 is 12.1 Å². The molecule has 0 aromatic carbocycles. The number of carbonyl (C=O) groups excluding carboxylic acids is 2. The highest BCUT2D eigenvalue weighted by Gasteiger charge is 2.18. The van der Waals surface area contributed by atoms with Crippen molar-refractivity contribution in [3.05, 3.63) is 12.7 Å². The van der Waals surface area contributed by atoms with Gasteiger partial charge in [0.25, 0.3) is 0 Å². The summed E-state index contributed by atoms with van der Waals surface area (Å²) in [6, 6.07) is 0. The standard InChI is InChI=1S/C9H19NO3.C7H12O2/c1-9(2,3)13-8(12)10(4)6-5-7-11;1-5-6(8)9-7(2,3)4/h11H,5-7H2,1-4H3;5H,1H2,2-4H3. The van der Waals surface area contributed by atoms with E-state index in [0.717, 1.165) is 6.08 Å². The molecule has 0 atom stereocenters. The van der Waals surface area contributed by atoms with Crippen LogP contribution in [0.1, 0.15) is 48.0 Å². The minimum absolute atomic E-state index is 0.0904. The fourth-order valence-corrected chi connectivity index (χ4v) is 1.08. The first kappa shape index (κ1) is 22.7. The van der Waals surface area contributed by atoms with Crippen molar-refractivity contribution in [3.63, 3.8) is 0 Å². The smallest absolute Gasteiger partial charge is 0.410 e. The normalized spacial score (nSPS) is 10.9. The fraction of sp³-hybridized carbons (Fsp3) is 0.750. The van der Waals surface area contributed by atoms with Gasteiger partial charge in [0, 0.05) is 26.3 Å². The van der Waals surface area contributed by atoms with Gasteiger partial charge in [-0.3, -0.25) is 0 Å². The van der Waals surface area contributed by atoms with E-state index < -0.39 is 11.2 Å². The van der Waals surface area contributed by atoms with E-state index in [1.54, 1.807) is 7.05 Å². The molecule has 1 amide bonds. The van der Waals surface area contributed by atoms with E-state index in [1.165, 1.54) is 4.90 Å². The summed E-state index contributed by atoms with van der Waals surface area (Å²) < 4.78 is 9.93. The van der Waals surface area contributed by atoms with Gasteiger partial charge in [-0.05, 0) is 48.0 Å². The van der Waals surface area contributed by atoms with Gasteiger partial charge in [-0.2, -0.15) is 0 Å². The van der Waals surface area contributed by atoms with Gasteiger partial charge in [-0.25, -0.2) is 9.59 Å². The molecule has 0 rings (SSSR count). The van der Waals surface area contributed by atoms with Gasteiger partial charge in [0.15, 0.2) is 0 Å². The zero-order valence-corrected chi connectivity index (χ0v) is 14.9. The number of nitrogens with zero attached hydrogens (tertiary/aromatic N) is 1. The van der Waals surface area contributed by atoms with Crippen molar-refractivity contribution in [2.75, 3.05) is 20.2 Å². The molecule has 0 aliphatic carbocycles. The number of aliphatic hydroxyl groups excluding tert-OH is 1. The Hall–Kier alpha value is -1.56. The van der Waals surface area contributed by atoms with Crippen LogP contribution >= 0.6 is 0 Å². The number of ether oxygens (including phenoxy) is 2. The van der Waals surface area contributed by atoms with Crippen LogP contribution in [0.5, 0.6) is 0 Å². The van der Waals surface area contributed by atoms with Crippen LogP contribution in [0, 0.1) is 0 Å². The largest absolute Gasteiger partial charge is 0.457 e. The van der Waals surface area contributed by atoms with E-state index in [9.17, 15) is 9.59 Å². The lowest BCUT2D eigenvalue weighted by Crippen LogP contribution is -2.34. The van der Waals surface area contributed by atoms with Gasteiger partial charge in [-0.1, -0.05) is 6.58 Å². The van der Waals surface area contributed by atoms with Gasteiger partial charge < -0.3 is 19.5 Å². The summed E-state index contributed by atoms with van der Waals surface area (Å²) in [5.74, 6) is -0.373. The molecule has 130 valence electrons. The highest BCUT2D eigenvalue weighted by molar-refractivity contribution is 5.81. The second kappa shape index (κ2) is 10.2. The molecule has 0 saturated heterocycles. The third kappa shape index (κ3) is 16.5. The maximum Gasteiger partial charge on any atom is 0.410 e. The van der Waals surface area contributed by atoms with E-state index in [-0.39, 0.29) is 18.7 Å².